The molecule has 3 aromatic heterocycles. The second-order valence-corrected chi connectivity index (χ2v) is 10.1. The second kappa shape index (κ2) is 7.73. The van der Waals surface area contributed by atoms with Crippen molar-refractivity contribution in [1.82, 2.24) is 29.6 Å². The second-order valence-electron chi connectivity index (χ2n) is 10.1. The summed E-state index contributed by atoms with van der Waals surface area (Å²) in [7, 11) is 1.88. The molecular weight excluding hydrogens is 468 g/mol. The minimum Gasteiger partial charge on any atom is -0.424 e. The Balaban J connectivity index is 1.61. The molecule has 1 aliphatic carbocycles. The maximum Gasteiger partial charge on any atom is 0.321 e. The molecule has 9 nitrogen and oxygen atoms in total. The fourth-order valence-corrected chi connectivity index (χ4v) is 5.88. The highest BCUT2D eigenvalue weighted by molar-refractivity contribution is 6.33. The van der Waals surface area contributed by atoms with E-state index in [0.29, 0.717) is 22.8 Å². The maximum atomic E-state index is 13.3. The van der Waals surface area contributed by atoms with Gasteiger partial charge in [-0.1, -0.05) is 13.8 Å². The quantitative estimate of drug-likeness (QED) is 0.373. The summed E-state index contributed by atoms with van der Waals surface area (Å²) in [6.07, 6.45) is 6.71. The summed E-state index contributed by atoms with van der Waals surface area (Å²) < 4.78 is 10.0. The molecule has 7 rings (SSSR count). The third kappa shape index (κ3) is 3.13. The van der Waals surface area contributed by atoms with Crippen molar-refractivity contribution in [2.75, 3.05) is 0 Å². The Labute approximate surface area is 212 Å². The van der Waals surface area contributed by atoms with Gasteiger partial charge >= 0.3 is 6.01 Å². The Bertz CT molecular complexity index is 1780. The average molecular weight is 493 g/mol. The first kappa shape index (κ1) is 21.7. The molecule has 0 saturated heterocycles. The molecular formula is C28H24N6O3. The Morgan fingerprint density at radius 2 is 1.84 bits per heavy atom. The molecule has 0 saturated carbocycles. The van der Waals surface area contributed by atoms with Gasteiger partial charge in [0.1, 0.15) is 5.75 Å². The number of nitrogens with one attached hydrogen (secondary N) is 1. The van der Waals surface area contributed by atoms with Gasteiger partial charge in [-0.15, -0.1) is 0 Å². The van der Waals surface area contributed by atoms with E-state index in [9.17, 15) is 9.59 Å². The zero-order chi connectivity index (χ0) is 25.4. The van der Waals surface area contributed by atoms with E-state index in [1.165, 1.54) is 0 Å². The number of carbonyl (C=O) groups is 2. The molecule has 2 amide bonds. The average Bonchev–Trinajstić information content (AvgIpc) is 3.50. The number of aromatic nitrogens is 5. The monoisotopic (exact) mass is 492 g/mol. The Morgan fingerprint density at radius 1 is 1.05 bits per heavy atom. The lowest BCUT2D eigenvalue weighted by Gasteiger charge is -2.21. The number of fused-ring (bicyclic) bond motifs is 10. The predicted molar refractivity (Wildman–Crippen MR) is 138 cm³/mol. The van der Waals surface area contributed by atoms with Gasteiger partial charge in [0.25, 0.3) is 11.8 Å². The topological polar surface area (TPSA) is 104 Å². The van der Waals surface area contributed by atoms with E-state index in [0.717, 1.165) is 63.6 Å². The number of rotatable bonds is 4. The summed E-state index contributed by atoms with van der Waals surface area (Å²) in [6.45, 7) is 5.12. The molecule has 184 valence electrons. The van der Waals surface area contributed by atoms with E-state index in [2.05, 4.69) is 38.8 Å². The van der Waals surface area contributed by atoms with E-state index in [4.69, 9.17) is 4.74 Å². The van der Waals surface area contributed by atoms with Crippen LogP contribution in [0.25, 0.3) is 32.9 Å². The zero-order valence-electron chi connectivity index (χ0n) is 20.7. The first-order valence-electron chi connectivity index (χ1n) is 12.4. The van der Waals surface area contributed by atoms with Gasteiger partial charge in [0.05, 0.1) is 22.3 Å². The van der Waals surface area contributed by atoms with Crippen LogP contribution in [-0.2, 0) is 26.4 Å². The molecule has 0 fully saturated rings. The zero-order valence-corrected chi connectivity index (χ0v) is 20.7. The van der Waals surface area contributed by atoms with Gasteiger partial charge < -0.3 is 9.30 Å². The molecule has 0 bridgehead atoms. The number of hydrogen-bond acceptors (Lipinski definition) is 6. The lowest BCUT2D eigenvalue weighted by atomic mass is 9.82. The van der Waals surface area contributed by atoms with Crippen molar-refractivity contribution in [2.24, 2.45) is 13.0 Å². The number of benzene rings is 2. The number of imide groups is 1. The van der Waals surface area contributed by atoms with Crippen molar-refractivity contribution in [2.45, 2.75) is 33.2 Å². The SMILES string of the molecule is CC(C)Cn1c2ccc(Oc3ncccn3)cc2c2c3c(c4c(c21)CCc1nn(C)cc1-4)C(=O)NC3=O. The highest BCUT2D eigenvalue weighted by atomic mass is 16.5. The number of amides is 2. The maximum absolute atomic E-state index is 13.3. The van der Waals surface area contributed by atoms with Crippen LogP contribution in [0.3, 0.4) is 0 Å². The molecule has 4 heterocycles. The number of nitrogens with zero attached hydrogens (tertiary/aromatic N) is 5. The van der Waals surface area contributed by atoms with Gasteiger partial charge in [-0.3, -0.25) is 19.6 Å². The van der Waals surface area contributed by atoms with Crippen molar-refractivity contribution >= 4 is 33.6 Å². The molecule has 0 spiro atoms. The van der Waals surface area contributed by atoms with E-state index in [1.807, 2.05) is 31.4 Å². The molecule has 2 aliphatic rings. The van der Waals surface area contributed by atoms with E-state index in [1.54, 1.807) is 23.1 Å². The molecule has 2 aromatic carbocycles. The van der Waals surface area contributed by atoms with E-state index >= 15 is 0 Å². The Hall–Kier alpha value is -4.53. The van der Waals surface area contributed by atoms with Gasteiger partial charge in [0, 0.05) is 59.6 Å². The Kier molecular flexibility index (Phi) is 4.54. The van der Waals surface area contributed by atoms with Crippen LogP contribution >= 0.6 is 0 Å². The molecule has 0 radical (unpaired) electrons. The highest BCUT2D eigenvalue weighted by Crippen LogP contribution is 2.47. The largest absolute Gasteiger partial charge is 0.424 e. The normalized spacial score (nSPS) is 14.3. The summed E-state index contributed by atoms with van der Waals surface area (Å²) in [5.74, 6) is 0.201. The molecule has 0 atom stereocenters. The molecule has 0 unspecified atom stereocenters. The van der Waals surface area contributed by atoms with Crippen molar-refractivity contribution in [3.63, 3.8) is 0 Å². The van der Waals surface area contributed by atoms with Crippen LogP contribution < -0.4 is 10.1 Å². The van der Waals surface area contributed by atoms with Crippen LogP contribution in [0, 0.1) is 5.92 Å². The van der Waals surface area contributed by atoms with Crippen LogP contribution in [0.5, 0.6) is 11.8 Å². The summed E-state index contributed by atoms with van der Waals surface area (Å²) in [5.41, 5.74) is 6.67. The van der Waals surface area contributed by atoms with Crippen LogP contribution in [0.2, 0.25) is 0 Å². The lowest BCUT2D eigenvalue weighted by Crippen LogP contribution is -2.20. The van der Waals surface area contributed by atoms with Crippen LogP contribution in [0.15, 0.2) is 42.9 Å². The third-order valence-electron chi connectivity index (χ3n) is 7.14. The van der Waals surface area contributed by atoms with Crippen molar-refractivity contribution < 1.29 is 14.3 Å². The van der Waals surface area contributed by atoms with Gasteiger partial charge in [0.15, 0.2) is 0 Å². The fraction of sp³-hybridized carbons (Fsp3) is 0.250. The van der Waals surface area contributed by atoms with Gasteiger partial charge in [-0.2, -0.15) is 5.10 Å². The van der Waals surface area contributed by atoms with Gasteiger partial charge in [0.2, 0.25) is 0 Å². The first-order chi connectivity index (χ1) is 17.9. The summed E-state index contributed by atoms with van der Waals surface area (Å²) in [6, 6.07) is 7.80. The minimum absolute atomic E-state index is 0.243. The van der Waals surface area contributed by atoms with E-state index in [-0.39, 0.29) is 17.8 Å². The van der Waals surface area contributed by atoms with Crippen LogP contribution in [0.4, 0.5) is 0 Å². The van der Waals surface area contributed by atoms with Gasteiger partial charge in [-0.05, 0) is 48.6 Å². The Morgan fingerprint density at radius 3 is 2.62 bits per heavy atom. The molecule has 9 heteroatoms. The highest BCUT2D eigenvalue weighted by Gasteiger charge is 2.39. The minimum atomic E-state index is -0.370. The van der Waals surface area contributed by atoms with Crippen molar-refractivity contribution in [3.05, 3.63) is 65.2 Å². The molecule has 5 aromatic rings. The predicted octanol–water partition coefficient (Wildman–Crippen LogP) is 4.42. The van der Waals surface area contributed by atoms with Crippen LogP contribution in [-0.4, -0.2) is 36.1 Å². The molecule has 1 N–H and O–H groups in total. The summed E-state index contributed by atoms with van der Waals surface area (Å²) in [4.78, 5) is 34.9. The number of ether oxygens (including phenoxy) is 1. The van der Waals surface area contributed by atoms with Crippen molar-refractivity contribution in [1.29, 1.82) is 0 Å². The van der Waals surface area contributed by atoms with E-state index < -0.39 is 0 Å². The lowest BCUT2D eigenvalue weighted by molar-refractivity contribution is 0.0880. The smallest absolute Gasteiger partial charge is 0.321 e. The van der Waals surface area contributed by atoms with Crippen molar-refractivity contribution in [3.8, 4) is 22.9 Å². The number of hydrogen-bond donors (Lipinski definition) is 1. The van der Waals surface area contributed by atoms with Gasteiger partial charge in [-0.25, -0.2) is 9.97 Å². The molecule has 37 heavy (non-hydrogen) atoms. The summed E-state index contributed by atoms with van der Waals surface area (Å²) in [5, 5.41) is 8.85. The fourth-order valence-electron chi connectivity index (χ4n) is 5.88. The van der Waals surface area contributed by atoms with Crippen LogP contribution in [0.1, 0.15) is 45.8 Å². The number of aryl methyl sites for hydroxylation is 3. The molecule has 1 aliphatic heterocycles. The standard InChI is InChI=1S/C28H24N6O3/c1-14(2)12-34-20-8-5-15(37-28-29-9-4-10-30-28)11-17(20)22-24-23(26(35)31-27(24)36)21-16(25(22)34)6-7-19-18(21)13-33(3)32-19/h4-5,8-11,13-14H,6-7,12H2,1-3H3,(H,31,35,36). The number of carbonyl (C=O) groups excluding carboxylic acids is 2. The third-order valence-corrected chi connectivity index (χ3v) is 7.14. The first-order valence-corrected chi connectivity index (χ1v) is 12.4. The summed E-state index contributed by atoms with van der Waals surface area (Å²) >= 11 is 0.